The Bertz CT molecular complexity index is 372. The van der Waals surface area contributed by atoms with Crippen LogP contribution < -0.4 is 10.7 Å². The second kappa shape index (κ2) is 6.55. The van der Waals surface area contributed by atoms with Gasteiger partial charge < -0.3 is 15.7 Å². The summed E-state index contributed by atoms with van der Waals surface area (Å²) in [6.07, 6.45) is 4.32. The van der Waals surface area contributed by atoms with Crippen molar-refractivity contribution < 1.29 is 21.1 Å². The van der Waals surface area contributed by atoms with Gasteiger partial charge in [0.25, 0.3) is 0 Å². The molecule has 0 aromatic carbocycles. The van der Waals surface area contributed by atoms with Gasteiger partial charge in [0.05, 0.1) is 0 Å². The number of nitrogens with zero attached hydrogens (tertiary/aromatic N) is 3. The van der Waals surface area contributed by atoms with Crippen molar-refractivity contribution in [1.82, 2.24) is 15.0 Å². The van der Waals surface area contributed by atoms with Crippen LogP contribution in [0.4, 0.5) is 5.82 Å². The van der Waals surface area contributed by atoms with Gasteiger partial charge in [0, 0.05) is 32.8 Å². The van der Waals surface area contributed by atoms with E-state index in [0.29, 0.717) is 11.5 Å². The van der Waals surface area contributed by atoms with Crippen LogP contribution in [-0.4, -0.2) is 9.97 Å². The fraction of sp³-hybridized carbons (Fsp3) is 0.333. The van der Waals surface area contributed by atoms with E-state index < -0.39 is 0 Å². The van der Waals surface area contributed by atoms with E-state index in [9.17, 15) is 0 Å². The van der Waals surface area contributed by atoms with E-state index in [1.54, 1.807) is 12.3 Å². The summed E-state index contributed by atoms with van der Waals surface area (Å²) in [6, 6.07) is 1.80. The van der Waals surface area contributed by atoms with Gasteiger partial charge in [-0.25, -0.2) is 4.98 Å². The first-order chi connectivity index (χ1) is 6.29. The van der Waals surface area contributed by atoms with E-state index in [-0.39, 0.29) is 21.1 Å². The van der Waals surface area contributed by atoms with Gasteiger partial charge in [-0.1, -0.05) is 32.5 Å². The molecule has 2 aromatic heterocycles. The van der Waals surface area contributed by atoms with Crippen molar-refractivity contribution in [2.45, 2.75) is 20.3 Å². The molecule has 14 heavy (non-hydrogen) atoms. The number of fused-ring (bicyclic) bond motifs is 1. The molecular weight excluding hydrogens is 359 g/mol. The molecule has 2 N–H and O–H groups in total. The van der Waals surface area contributed by atoms with Crippen LogP contribution in [0.2, 0.25) is 0 Å². The number of hydrogen-bond acceptors (Lipinski definition) is 3. The summed E-state index contributed by atoms with van der Waals surface area (Å²) in [5, 5.41) is 0.822. The van der Waals surface area contributed by atoms with E-state index in [2.05, 4.69) is 28.8 Å². The predicted octanol–water partition coefficient (Wildman–Crippen LogP) is 1.58. The van der Waals surface area contributed by atoms with Gasteiger partial charge >= 0.3 is 0 Å². The van der Waals surface area contributed by atoms with E-state index in [1.165, 1.54) is 12.7 Å². The Morgan fingerprint density at radius 2 is 2.00 bits per heavy atom. The molecule has 0 amide bonds. The Hall–Kier alpha value is -0.892. The van der Waals surface area contributed by atoms with Crippen molar-refractivity contribution in [3.8, 4) is 0 Å². The Kier molecular flexibility index (Phi) is 6.13. The second-order valence-electron chi connectivity index (χ2n) is 2.65. The zero-order valence-corrected chi connectivity index (χ0v) is 10.4. The van der Waals surface area contributed by atoms with Crippen molar-refractivity contribution >= 4 is 16.9 Å². The van der Waals surface area contributed by atoms with Gasteiger partial charge in [-0.3, -0.25) is 0 Å². The molecule has 0 bridgehead atoms. The second-order valence-corrected chi connectivity index (χ2v) is 2.65. The molecule has 5 heteroatoms. The molecule has 4 nitrogen and oxygen atoms in total. The first kappa shape index (κ1) is 13.1. The third kappa shape index (κ3) is 3.11. The first-order valence-electron chi connectivity index (χ1n) is 4.27. The third-order valence-corrected chi connectivity index (χ3v) is 1.33. The van der Waals surface area contributed by atoms with Crippen LogP contribution in [0, 0.1) is 0 Å². The van der Waals surface area contributed by atoms with Gasteiger partial charge in [0.15, 0.2) is 0 Å². The number of nitrogen functional groups attached to an aromatic ring is 1. The average molecular weight is 372 g/mol. The van der Waals surface area contributed by atoms with Crippen LogP contribution in [0.5, 0.6) is 0 Å². The molecule has 0 unspecified atom stereocenters. The fourth-order valence-electron chi connectivity index (χ4n) is 0.845. The van der Waals surface area contributed by atoms with Gasteiger partial charge in [-0.15, -0.1) is 0 Å². The zero-order valence-electron chi connectivity index (χ0n) is 8.17. The minimum absolute atomic E-state index is 0. The number of hydrogen-bond donors (Lipinski definition) is 1. The number of anilines is 1. The third-order valence-electron chi connectivity index (χ3n) is 1.33. The molecule has 0 aliphatic heterocycles. The molecule has 2 rings (SSSR count). The normalized spacial score (nSPS) is 8.71. The van der Waals surface area contributed by atoms with Crippen LogP contribution in [0.25, 0.3) is 11.0 Å². The standard InChI is InChI=1S/C6H5N4.C3H8.Pt/c7-5-4-1-2-8-6(4)10-3-9-5;1-3-2;/h1-3H,(H2-,7,8,9,10);3H2,1-2H3;/q-1;;. The minimum Gasteiger partial charge on any atom is -0.442 e. The molecule has 2 heterocycles. The van der Waals surface area contributed by atoms with Gasteiger partial charge in [0.2, 0.25) is 0 Å². The monoisotopic (exact) mass is 372 g/mol. The number of rotatable bonds is 0. The summed E-state index contributed by atoms with van der Waals surface area (Å²) in [5.74, 6) is 0.488. The van der Waals surface area contributed by atoms with E-state index >= 15 is 0 Å². The minimum atomic E-state index is 0. The molecule has 0 spiro atoms. The Morgan fingerprint density at radius 3 is 2.57 bits per heavy atom. The predicted molar refractivity (Wildman–Crippen MR) is 53.2 cm³/mol. The zero-order chi connectivity index (χ0) is 9.68. The summed E-state index contributed by atoms with van der Waals surface area (Å²) < 4.78 is 0. The molecule has 0 saturated carbocycles. The van der Waals surface area contributed by atoms with Crippen LogP contribution in [0.15, 0.2) is 18.6 Å². The topological polar surface area (TPSA) is 65.9 Å². The molecule has 0 saturated heterocycles. The van der Waals surface area contributed by atoms with E-state index in [0.717, 1.165) is 5.39 Å². The largest absolute Gasteiger partial charge is 0.442 e. The summed E-state index contributed by atoms with van der Waals surface area (Å²) in [5.41, 5.74) is 6.17. The quantitative estimate of drug-likeness (QED) is 0.763. The smallest absolute Gasteiger partial charge is 0.130 e. The summed E-state index contributed by atoms with van der Waals surface area (Å²) in [4.78, 5) is 11.7. The molecule has 0 atom stereocenters. The SMILES string of the molecule is CCC.Nc1ncnc2[n-]ccc12.[Pt]. The van der Waals surface area contributed by atoms with Crippen LogP contribution in [0.1, 0.15) is 20.3 Å². The maximum Gasteiger partial charge on any atom is 0.130 e. The molecule has 0 aliphatic rings. The van der Waals surface area contributed by atoms with Crippen LogP contribution in [0.3, 0.4) is 0 Å². The van der Waals surface area contributed by atoms with E-state index in [1.807, 2.05) is 0 Å². The van der Waals surface area contributed by atoms with Gasteiger partial charge in [-0.2, -0.15) is 0 Å². The van der Waals surface area contributed by atoms with Crippen molar-refractivity contribution in [3.05, 3.63) is 18.6 Å². The van der Waals surface area contributed by atoms with Gasteiger partial charge in [-0.05, 0) is 5.65 Å². The molecule has 0 radical (unpaired) electrons. The van der Waals surface area contributed by atoms with Crippen LogP contribution in [-0.2, 0) is 21.1 Å². The maximum absolute atomic E-state index is 5.51. The summed E-state index contributed by atoms with van der Waals surface area (Å²) in [6.45, 7) is 4.25. The van der Waals surface area contributed by atoms with Gasteiger partial charge in [0.1, 0.15) is 5.82 Å². The maximum atomic E-state index is 5.51. The summed E-state index contributed by atoms with van der Waals surface area (Å²) in [7, 11) is 0. The van der Waals surface area contributed by atoms with E-state index in [4.69, 9.17) is 5.73 Å². The number of nitrogens with two attached hydrogens (primary N) is 1. The Morgan fingerprint density at radius 1 is 1.36 bits per heavy atom. The molecule has 2 aromatic rings. The molecule has 0 fully saturated rings. The summed E-state index contributed by atoms with van der Waals surface area (Å²) >= 11 is 0. The van der Waals surface area contributed by atoms with Crippen molar-refractivity contribution in [1.29, 1.82) is 0 Å². The molecular formula is C9H13N4Pt-. The molecule has 0 aliphatic carbocycles. The average Bonchev–Trinajstić information content (AvgIpc) is 2.54. The van der Waals surface area contributed by atoms with Crippen molar-refractivity contribution in [2.24, 2.45) is 0 Å². The Balaban J connectivity index is 0.000000381. The number of aromatic nitrogens is 3. The molecule has 80 valence electrons. The Labute approximate surface area is 97.6 Å². The van der Waals surface area contributed by atoms with Crippen LogP contribution >= 0.6 is 0 Å². The van der Waals surface area contributed by atoms with Crippen molar-refractivity contribution in [2.75, 3.05) is 5.73 Å². The fourth-order valence-corrected chi connectivity index (χ4v) is 0.845. The first-order valence-corrected chi connectivity index (χ1v) is 4.27. The van der Waals surface area contributed by atoms with Crippen molar-refractivity contribution in [3.63, 3.8) is 0 Å².